The summed E-state index contributed by atoms with van der Waals surface area (Å²) in [4.78, 5) is 41.3. The minimum absolute atomic E-state index is 0.0826. The number of amides is 2. The molecule has 2 saturated heterocycles. The average Bonchev–Trinajstić information content (AvgIpc) is 3.46. The van der Waals surface area contributed by atoms with E-state index in [2.05, 4.69) is 52.0 Å². The molecule has 1 aliphatic carbocycles. The van der Waals surface area contributed by atoms with Crippen molar-refractivity contribution in [3.05, 3.63) is 141 Å². The molecule has 10 nitrogen and oxygen atoms in total. The number of carbonyl (C=O) groups excluding carboxylic acids is 2. The van der Waals surface area contributed by atoms with Crippen LogP contribution in [0.3, 0.4) is 0 Å². The van der Waals surface area contributed by atoms with E-state index in [1.54, 1.807) is 18.2 Å². The Morgan fingerprint density at radius 1 is 0.966 bits per heavy atom. The Bertz CT molecular complexity index is 2240. The third kappa shape index (κ3) is 8.34. The number of aromatic hydroxyl groups is 1. The number of nitrogens with zero attached hydrogens (tertiary/aromatic N) is 2. The van der Waals surface area contributed by atoms with Gasteiger partial charge in [-0.2, -0.15) is 0 Å². The first kappa shape index (κ1) is 42.3. The number of imide groups is 1. The predicted molar refractivity (Wildman–Crippen MR) is 234 cm³/mol. The third-order valence-corrected chi connectivity index (χ3v) is 17.4. The normalized spacial score (nSPS) is 21.2. The molecule has 4 atom stereocenters. The van der Waals surface area contributed by atoms with Gasteiger partial charge in [0.2, 0.25) is 11.8 Å². The van der Waals surface area contributed by atoms with E-state index in [4.69, 9.17) is 20.7 Å². The number of rotatable bonds is 13. The number of hydrogen-bond acceptors (Lipinski definition) is 8. The van der Waals surface area contributed by atoms with E-state index < -0.39 is 56.0 Å². The van der Waals surface area contributed by atoms with Crippen LogP contribution in [-0.4, -0.2) is 55.0 Å². The molecule has 306 valence electrons. The van der Waals surface area contributed by atoms with E-state index in [9.17, 15) is 29.8 Å². The maximum absolute atomic E-state index is 14.6. The molecule has 2 fully saturated rings. The predicted octanol–water partition coefficient (Wildman–Crippen LogP) is 8.50. The lowest BCUT2D eigenvalue weighted by atomic mass is 9.58. The van der Waals surface area contributed by atoms with Crippen LogP contribution < -0.4 is 15.3 Å². The lowest BCUT2D eigenvalue weighted by Gasteiger charge is -2.46. The van der Waals surface area contributed by atoms with Crippen LogP contribution in [-0.2, 0) is 18.7 Å². The van der Waals surface area contributed by atoms with Crippen molar-refractivity contribution in [2.45, 2.75) is 77.3 Å². The van der Waals surface area contributed by atoms with Gasteiger partial charge in [-0.25, -0.2) is 4.90 Å². The van der Waals surface area contributed by atoms with E-state index in [1.165, 1.54) is 24.3 Å². The van der Waals surface area contributed by atoms with Crippen molar-refractivity contribution in [1.82, 2.24) is 0 Å². The number of phenols is 1. The summed E-state index contributed by atoms with van der Waals surface area (Å²) in [6, 6.07) is 31.1. The maximum atomic E-state index is 14.6. The number of nitro benzene ring substituents is 1. The van der Waals surface area contributed by atoms with Crippen LogP contribution >= 0.6 is 11.6 Å². The highest BCUT2D eigenvalue weighted by Crippen LogP contribution is 2.52. The second kappa shape index (κ2) is 17.4. The summed E-state index contributed by atoms with van der Waals surface area (Å²) >= 11 is 6.52. The van der Waals surface area contributed by atoms with Gasteiger partial charge in [0.1, 0.15) is 5.75 Å². The monoisotopic (exact) mass is 832 g/mol. The molecule has 13 heteroatoms. The van der Waals surface area contributed by atoms with Gasteiger partial charge in [0, 0.05) is 12.1 Å². The van der Waals surface area contributed by atoms with Crippen LogP contribution in [0.15, 0.2) is 120 Å². The molecule has 0 bridgehead atoms. The number of allylic oxidation sites excluding steroid dienone is 1. The fraction of sp³-hybridized carbons (Fsp3) is 0.348. The molecule has 2 amide bonds. The molecule has 2 N–H and O–H groups in total. The van der Waals surface area contributed by atoms with E-state index in [1.807, 2.05) is 42.5 Å². The number of anilines is 1. The largest absolute Gasteiger partial charge is 0.508 e. The molecule has 3 aliphatic rings. The fourth-order valence-electron chi connectivity index (χ4n) is 9.61. The van der Waals surface area contributed by atoms with Gasteiger partial charge >= 0.3 is 7.12 Å². The Morgan fingerprint density at radius 2 is 1.64 bits per heavy atom. The van der Waals surface area contributed by atoms with Gasteiger partial charge in [-0.3, -0.25) is 19.7 Å². The molecule has 59 heavy (non-hydrogen) atoms. The summed E-state index contributed by atoms with van der Waals surface area (Å²) in [6.07, 6.45) is 4.55. The number of halogens is 1. The number of fused-ring (bicyclic) bond motifs is 3. The summed E-state index contributed by atoms with van der Waals surface area (Å²) in [5.74, 6) is -2.86. The van der Waals surface area contributed by atoms with Crippen molar-refractivity contribution in [2.75, 3.05) is 11.5 Å². The van der Waals surface area contributed by atoms with Crippen LogP contribution in [0, 0.1) is 27.9 Å². The lowest BCUT2D eigenvalue weighted by Crippen LogP contribution is -2.66. The molecular weight excluding hydrogens is 783 g/mol. The van der Waals surface area contributed by atoms with Crippen molar-refractivity contribution in [3.8, 4) is 5.75 Å². The number of phenolic OH excluding ortho intramolecular Hbond substituents is 1. The van der Waals surface area contributed by atoms with E-state index >= 15 is 0 Å². The van der Waals surface area contributed by atoms with Gasteiger partial charge in [0.05, 0.1) is 40.2 Å². The zero-order chi connectivity index (χ0) is 42.1. The number of carbonyl (C=O) groups is 2. The first-order chi connectivity index (χ1) is 28.2. The second-order valence-corrected chi connectivity index (χ2v) is 21.6. The summed E-state index contributed by atoms with van der Waals surface area (Å²) in [6.45, 7) is 8.90. The zero-order valence-electron chi connectivity index (χ0n) is 33.8. The molecule has 4 aromatic carbocycles. The maximum Gasteiger partial charge on any atom is 0.455 e. The quantitative estimate of drug-likeness (QED) is 0.0450. The van der Waals surface area contributed by atoms with Crippen molar-refractivity contribution < 1.29 is 33.7 Å². The highest BCUT2D eigenvalue weighted by atomic mass is 35.5. The molecule has 0 unspecified atom stereocenters. The van der Waals surface area contributed by atoms with Crippen molar-refractivity contribution in [3.63, 3.8) is 0 Å². The van der Waals surface area contributed by atoms with Gasteiger partial charge in [-0.05, 0) is 94.3 Å². The van der Waals surface area contributed by atoms with Crippen LogP contribution in [0.1, 0.15) is 65.4 Å². The Kier molecular flexibility index (Phi) is 12.5. The first-order valence-corrected chi connectivity index (χ1v) is 22.6. The smallest absolute Gasteiger partial charge is 0.455 e. The molecule has 0 radical (unpaired) electrons. The highest BCUT2D eigenvalue weighted by Gasteiger charge is 2.58. The molecule has 2 aliphatic heterocycles. The van der Waals surface area contributed by atoms with Gasteiger partial charge in [-0.1, -0.05) is 124 Å². The topological polar surface area (TPSA) is 139 Å². The van der Waals surface area contributed by atoms with Crippen LogP contribution in [0.4, 0.5) is 11.4 Å². The van der Waals surface area contributed by atoms with Gasteiger partial charge in [-0.15, -0.1) is 0 Å². The Balaban J connectivity index is 1.32. The van der Waals surface area contributed by atoms with Gasteiger partial charge in [0.25, 0.3) is 14.0 Å². The summed E-state index contributed by atoms with van der Waals surface area (Å²) in [5.41, 5.74) is 3.60. The number of benzene rings is 4. The van der Waals surface area contributed by atoms with E-state index in [-0.39, 0.29) is 41.5 Å². The fourth-order valence-corrected chi connectivity index (χ4v) is 14.4. The van der Waals surface area contributed by atoms with Crippen LogP contribution in [0.25, 0.3) is 6.08 Å². The van der Waals surface area contributed by atoms with Crippen molar-refractivity contribution in [1.29, 1.82) is 0 Å². The van der Waals surface area contributed by atoms with Crippen LogP contribution in [0.5, 0.6) is 5.75 Å². The van der Waals surface area contributed by atoms with Gasteiger partial charge in [0.15, 0.2) is 0 Å². The summed E-state index contributed by atoms with van der Waals surface area (Å²) < 4.78 is 13.9. The number of hydrogen-bond donors (Lipinski definition) is 2. The minimum Gasteiger partial charge on any atom is -0.508 e. The minimum atomic E-state index is -3.06. The lowest BCUT2D eigenvalue weighted by molar-refractivity contribution is -0.384. The Morgan fingerprint density at radius 3 is 2.25 bits per heavy atom. The number of non-ortho nitro benzene ring substituents is 1. The Hall–Kier alpha value is -4.85. The second-order valence-electron chi connectivity index (χ2n) is 16.9. The third-order valence-electron chi connectivity index (χ3n) is 12.1. The Labute approximate surface area is 351 Å². The SMILES string of the molecule is CCC/C(=C\c1ccc(O)cc1Cl)CC[C@H]1OB(O)C[C@H]2C1=C(CO[Si](c1ccccc1)(c1ccccc1)C(C)(C)C)C[C@H]1C(=O)N(c3cccc([N+](=O)[O-])c3)C(=O)[C@H]12. The summed E-state index contributed by atoms with van der Waals surface area (Å²) in [5, 5.41) is 35.4. The van der Waals surface area contributed by atoms with Crippen molar-refractivity contribution in [2.24, 2.45) is 17.8 Å². The molecule has 0 saturated carbocycles. The highest BCUT2D eigenvalue weighted by molar-refractivity contribution is 6.99. The summed E-state index contributed by atoms with van der Waals surface area (Å²) in [7, 11) is -4.25. The molecule has 0 aromatic heterocycles. The molecule has 2 heterocycles. The van der Waals surface area contributed by atoms with Crippen LogP contribution in [0.2, 0.25) is 16.4 Å². The molecule has 0 spiro atoms. The molecular formula is C46H50BClN2O8Si. The van der Waals surface area contributed by atoms with E-state index in [0.717, 1.165) is 50.4 Å². The molecule has 4 aromatic rings. The number of nitro groups is 1. The first-order valence-electron chi connectivity index (χ1n) is 20.3. The van der Waals surface area contributed by atoms with Gasteiger partial charge < -0.3 is 19.2 Å². The average molecular weight is 833 g/mol. The van der Waals surface area contributed by atoms with E-state index in [0.29, 0.717) is 17.9 Å². The standard InChI is InChI=1S/C46H50BClN2O8Si/c1-5-13-30(24-31-21-22-35(51)27-40(31)48)20-23-41-42-32(29-57-59(46(2,3)4,36-16-8-6-9-17-36)37-18-10-7-11-19-37)25-38-43(39(42)28-47(54)58-41)45(53)49(44(38)52)33-14-12-15-34(26-33)50(55)56/h6-12,14-19,21-22,24,26-27,38-39,41,43,51,54H,5,13,20,23,25,28-29H2,1-4H3/b30-24+/t38-,39+,41-,43-/m1/s1. The molecule has 7 rings (SSSR count). The van der Waals surface area contributed by atoms with Crippen molar-refractivity contribution >= 4 is 66.7 Å². The zero-order valence-corrected chi connectivity index (χ0v) is 35.6.